The van der Waals surface area contributed by atoms with Gasteiger partial charge >= 0.3 is 0 Å². The monoisotopic (exact) mass is 192 g/mol. The molecule has 1 aliphatic carbocycles. The first kappa shape index (κ1) is 9.38. The first-order valence-electron chi connectivity index (χ1n) is 5.26. The van der Waals surface area contributed by atoms with Crippen LogP contribution in [0.25, 0.3) is 0 Å². The second-order valence-electron chi connectivity index (χ2n) is 4.21. The molecule has 0 aromatic heterocycles. The number of phenols is 2. The molecule has 0 bridgehead atoms. The van der Waals surface area contributed by atoms with Gasteiger partial charge in [-0.05, 0) is 30.0 Å². The van der Waals surface area contributed by atoms with E-state index < -0.39 is 0 Å². The van der Waals surface area contributed by atoms with Crippen LogP contribution in [0, 0.1) is 5.92 Å². The van der Waals surface area contributed by atoms with Crippen molar-refractivity contribution in [1.29, 1.82) is 0 Å². The van der Waals surface area contributed by atoms with Crippen molar-refractivity contribution in [3.8, 4) is 11.5 Å². The van der Waals surface area contributed by atoms with E-state index in [0.29, 0.717) is 0 Å². The van der Waals surface area contributed by atoms with Gasteiger partial charge in [0.25, 0.3) is 0 Å². The van der Waals surface area contributed by atoms with Crippen LogP contribution in [0.4, 0.5) is 0 Å². The third-order valence-corrected chi connectivity index (χ3v) is 2.96. The molecule has 1 aliphatic rings. The Balaban J connectivity index is 2.07. The van der Waals surface area contributed by atoms with Crippen molar-refractivity contribution >= 4 is 0 Å². The molecule has 1 aromatic carbocycles. The molecule has 1 saturated carbocycles. The SMILES string of the molecule is Oc1cc(O)cc(CC2CCCC2)c1. The number of phenolic OH excluding ortho intramolecular Hbond substituents is 2. The van der Waals surface area contributed by atoms with Gasteiger partial charge in [0.05, 0.1) is 0 Å². The minimum atomic E-state index is 0.165. The summed E-state index contributed by atoms with van der Waals surface area (Å²) in [4.78, 5) is 0. The van der Waals surface area contributed by atoms with Crippen LogP contribution in [0.1, 0.15) is 31.2 Å². The van der Waals surface area contributed by atoms with Gasteiger partial charge in [-0.15, -0.1) is 0 Å². The summed E-state index contributed by atoms with van der Waals surface area (Å²) in [6, 6.07) is 4.87. The van der Waals surface area contributed by atoms with Gasteiger partial charge in [0.15, 0.2) is 0 Å². The lowest BCUT2D eigenvalue weighted by Crippen LogP contribution is -1.98. The molecule has 0 radical (unpaired) electrons. The normalized spacial score (nSPS) is 17.4. The number of hydrogen-bond donors (Lipinski definition) is 2. The standard InChI is InChI=1S/C12H16O2/c13-11-6-10(7-12(14)8-11)5-9-3-1-2-4-9/h6-9,13-14H,1-5H2. The predicted octanol–water partition coefficient (Wildman–Crippen LogP) is 2.83. The number of aromatic hydroxyl groups is 2. The molecule has 0 atom stereocenters. The summed E-state index contributed by atoms with van der Waals surface area (Å²) in [6.07, 6.45) is 6.22. The van der Waals surface area contributed by atoms with Crippen molar-refractivity contribution in [2.45, 2.75) is 32.1 Å². The molecule has 2 N–H and O–H groups in total. The Labute approximate surface area is 84.2 Å². The first-order valence-corrected chi connectivity index (χ1v) is 5.26. The maximum Gasteiger partial charge on any atom is 0.119 e. The van der Waals surface area contributed by atoms with Crippen molar-refractivity contribution in [2.75, 3.05) is 0 Å². The lowest BCUT2D eigenvalue weighted by atomic mass is 9.98. The van der Waals surface area contributed by atoms with E-state index in [9.17, 15) is 10.2 Å². The molecule has 1 aromatic rings. The summed E-state index contributed by atoms with van der Waals surface area (Å²) >= 11 is 0. The maximum atomic E-state index is 9.31. The second-order valence-corrected chi connectivity index (χ2v) is 4.21. The van der Waals surface area contributed by atoms with E-state index in [0.717, 1.165) is 17.9 Å². The van der Waals surface area contributed by atoms with Crippen LogP contribution in [0.15, 0.2) is 18.2 Å². The lowest BCUT2D eigenvalue weighted by molar-refractivity contribution is 0.447. The Bertz CT molecular complexity index is 294. The van der Waals surface area contributed by atoms with Crippen LogP contribution in [0.2, 0.25) is 0 Å². The molecule has 2 nitrogen and oxygen atoms in total. The summed E-state index contributed by atoms with van der Waals surface area (Å²) < 4.78 is 0. The quantitative estimate of drug-likeness (QED) is 0.756. The Morgan fingerprint density at radius 3 is 2.14 bits per heavy atom. The van der Waals surface area contributed by atoms with Crippen molar-refractivity contribution in [2.24, 2.45) is 5.92 Å². The number of rotatable bonds is 2. The Morgan fingerprint density at radius 2 is 1.57 bits per heavy atom. The van der Waals surface area contributed by atoms with Crippen molar-refractivity contribution in [3.63, 3.8) is 0 Å². The topological polar surface area (TPSA) is 40.5 Å². The Kier molecular flexibility index (Phi) is 2.62. The van der Waals surface area contributed by atoms with Crippen LogP contribution < -0.4 is 0 Å². The summed E-state index contributed by atoms with van der Waals surface area (Å²) in [5.41, 5.74) is 1.05. The van der Waals surface area contributed by atoms with E-state index in [2.05, 4.69) is 0 Å². The van der Waals surface area contributed by atoms with Crippen molar-refractivity contribution in [1.82, 2.24) is 0 Å². The zero-order valence-corrected chi connectivity index (χ0v) is 8.24. The smallest absolute Gasteiger partial charge is 0.119 e. The molecule has 0 heterocycles. The summed E-state index contributed by atoms with van der Waals surface area (Å²) in [7, 11) is 0. The van der Waals surface area contributed by atoms with Gasteiger partial charge in [-0.3, -0.25) is 0 Å². The third-order valence-electron chi connectivity index (χ3n) is 2.96. The van der Waals surface area contributed by atoms with Gasteiger partial charge in [0.2, 0.25) is 0 Å². The average molecular weight is 192 g/mol. The zero-order valence-electron chi connectivity index (χ0n) is 8.24. The molecule has 0 spiro atoms. The Morgan fingerprint density at radius 1 is 1.00 bits per heavy atom. The molecule has 1 fully saturated rings. The first-order chi connectivity index (χ1) is 6.74. The fourth-order valence-corrected chi connectivity index (χ4v) is 2.32. The van der Waals surface area contributed by atoms with Crippen molar-refractivity contribution in [3.05, 3.63) is 23.8 Å². The molecule has 14 heavy (non-hydrogen) atoms. The number of hydrogen-bond acceptors (Lipinski definition) is 2. The summed E-state index contributed by atoms with van der Waals surface area (Å²) in [5.74, 6) is 1.08. The van der Waals surface area contributed by atoms with Crippen LogP contribution in [0.5, 0.6) is 11.5 Å². The minimum Gasteiger partial charge on any atom is -0.508 e. The van der Waals surface area contributed by atoms with Gasteiger partial charge in [-0.25, -0.2) is 0 Å². The molecule has 0 saturated heterocycles. The highest BCUT2D eigenvalue weighted by Gasteiger charge is 2.15. The van der Waals surface area contributed by atoms with Crippen molar-refractivity contribution < 1.29 is 10.2 Å². The van der Waals surface area contributed by atoms with E-state index >= 15 is 0 Å². The van der Waals surface area contributed by atoms with Gasteiger partial charge in [-0.2, -0.15) is 0 Å². The van der Waals surface area contributed by atoms with Gasteiger partial charge in [0, 0.05) is 6.07 Å². The van der Waals surface area contributed by atoms with Crippen LogP contribution >= 0.6 is 0 Å². The second kappa shape index (κ2) is 3.91. The number of benzene rings is 1. The molecule has 2 heteroatoms. The highest BCUT2D eigenvalue weighted by Crippen LogP contribution is 2.30. The predicted molar refractivity (Wildman–Crippen MR) is 55.4 cm³/mol. The molecular formula is C12H16O2. The molecule has 76 valence electrons. The molecule has 0 unspecified atom stereocenters. The maximum absolute atomic E-state index is 9.31. The van der Waals surface area contributed by atoms with Crippen LogP contribution in [0.3, 0.4) is 0 Å². The average Bonchev–Trinajstić information content (AvgIpc) is 2.54. The van der Waals surface area contributed by atoms with Crippen LogP contribution in [-0.4, -0.2) is 10.2 Å². The van der Waals surface area contributed by atoms with Gasteiger partial charge < -0.3 is 10.2 Å². The van der Waals surface area contributed by atoms with E-state index in [4.69, 9.17) is 0 Å². The van der Waals surface area contributed by atoms with E-state index in [1.165, 1.54) is 31.7 Å². The molecule has 0 amide bonds. The zero-order chi connectivity index (χ0) is 9.97. The summed E-state index contributed by atoms with van der Waals surface area (Å²) in [5, 5.41) is 18.6. The fourth-order valence-electron chi connectivity index (χ4n) is 2.32. The summed E-state index contributed by atoms with van der Waals surface area (Å²) in [6.45, 7) is 0. The Hall–Kier alpha value is -1.18. The van der Waals surface area contributed by atoms with E-state index in [-0.39, 0.29) is 11.5 Å². The highest BCUT2D eigenvalue weighted by molar-refractivity contribution is 5.36. The molecule has 0 aliphatic heterocycles. The highest BCUT2D eigenvalue weighted by atomic mass is 16.3. The van der Waals surface area contributed by atoms with E-state index in [1.807, 2.05) is 0 Å². The molecule has 2 rings (SSSR count). The van der Waals surface area contributed by atoms with Crippen LogP contribution in [-0.2, 0) is 6.42 Å². The third kappa shape index (κ3) is 2.19. The largest absolute Gasteiger partial charge is 0.508 e. The molecular weight excluding hydrogens is 176 g/mol. The van der Waals surface area contributed by atoms with Gasteiger partial charge in [0.1, 0.15) is 11.5 Å². The van der Waals surface area contributed by atoms with Gasteiger partial charge in [-0.1, -0.05) is 25.7 Å². The lowest BCUT2D eigenvalue weighted by Gasteiger charge is -2.09. The van der Waals surface area contributed by atoms with E-state index in [1.54, 1.807) is 12.1 Å². The minimum absolute atomic E-state index is 0.165. The fraction of sp³-hybridized carbons (Fsp3) is 0.500.